The van der Waals surface area contributed by atoms with E-state index in [4.69, 9.17) is 10.5 Å². The van der Waals surface area contributed by atoms with Crippen molar-refractivity contribution in [1.29, 1.82) is 0 Å². The smallest absolute Gasteiger partial charge is 0.331 e. The number of carbonyl (C=O) groups excluding carboxylic acids is 1. The Hall–Kier alpha value is -1.36. The molecule has 5 heteroatoms. The molecule has 1 aromatic heterocycles. The van der Waals surface area contributed by atoms with Crippen LogP contribution in [0.25, 0.3) is 0 Å². The van der Waals surface area contributed by atoms with Crippen LogP contribution in [0.4, 0.5) is 0 Å². The van der Waals surface area contributed by atoms with Gasteiger partial charge in [-0.25, -0.2) is 4.79 Å². The Morgan fingerprint density at radius 3 is 2.62 bits per heavy atom. The molecule has 0 saturated heterocycles. The van der Waals surface area contributed by atoms with Crippen LogP contribution in [0.3, 0.4) is 0 Å². The number of nitrogens with zero attached hydrogens (tertiary/aromatic N) is 1. The maximum Gasteiger partial charge on any atom is 0.331 e. The molecule has 1 aromatic rings. The maximum atomic E-state index is 12.4. The minimum atomic E-state index is -0.544. The van der Waals surface area contributed by atoms with E-state index in [1.54, 1.807) is 0 Å². The lowest BCUT2D eigenvalue weighted by Gasteiger charge is -2.26. The molecule has 1 heterocycles. The van der Waals surface area contributed by atoms with Gasteiger partial charge in [0, 0.05) is 0 Å². The van der Waals surface area contributed by atoms with Crippen LogP contribution >= 0.6 is 11.3 Å². The Kier molecular flexibility index (Phi) is 6.40. The summed E-state index contributed by atoms with van der Waals surface area (Å²) in [5.74, 6) is 0.448. The number of esters is 1. The molecule has 0 amide bonds. The molecule has 0 aliphatic carbocycles. The van der Waals surface area contributed by atoms with Gasteiger partial charge < -0.3 is 10.5 Å². The highest BCUT2D eigenvalue weighted by molar-refractivity contribution is 7.12. The molecule has 0 spiro atoms. The van der Waals surface area contributed by atoms with Crippen molar-refractivity contribution in [1.82, 2.24) is 0 Å². The van der Waals surface area contributed by atoms with E-state index >= 15 is 0 Å². The summed E-state index contributed by atoms with van der Waals surface area (Å²) in [6.07, 6.45) is 1.39. The molecular weight excluding hydrogens is 284 g/mol. The third-order valence-corrected chi connectivity index (χ3v) is 4.16. The summed E-state index contributed by atoms with van der Waals surface area (Å²) >= 11 is 1.51. The lowest BCUT2D eigenvalue weighted by atomic mass is 10.0. The Bertz CT molecular complexity index is 478. The van der Waals surface area contributed by atoms with Gasteiger partial charge in [-0.15, -0.1) is 11.3 Å². The average Bonchev–Trinajstić information content (AvgIpc) is 2.90. The normalized spacial score (nSPS) is 14.3. The van der Waals surface area contributed by atoms with E-state index in [2.05, 4.69) is 18.8 Å². The van der Waals surface area contributed by atoms with Crippen LogP contribution in [0.2, 0.25) is 0 Å². The molecule has 118 valence electrons. The van der Waals surface area contributed by atoms with Crippen LogP contribution in [0.5, 0.6) is 0 Å². The first kappa shape index (κ1) is 17.7. The standard InChI is InChI=1S/C16H26N2O2S/c1-6-16(4,5)20-15(19)12(10-11(2)3)18-14(17)13-8-7-9-21-13/h7-9,11-12H,6,10H2,1-5H3,(H2,17,18). The average molecular weight is 310 g/mol. The highest BCUT2D eigenvalue weighted by atomic mass is 32.1. The lowest BCUT2D eigenvalue weighted by Crippen LogP contribution is -2.34. The first-order chi connectivity index (χ1) is 9.75. The number of hydrogen-bond acceptors (Lipinski definition) is 4. The summed E-state index contributed by atoms with van der Waals surface area (Å²) in [7, 11) is 0. The number of hydrogen-bond donors (Lipinski definition) is 1. The van der Waals surface area contributed by atoms with Gasteiger partial charge in [0.15, 0.2) is 0 Å². The van der Waals surface area contributed by atoms with E-state index in [1.165, 1.54) is 11.3 Å². The predicted molar refractivity (Wildman–Crippen MR) is 88.7 cm³/mol. The van der Waals surface area contributed by atoms with E-state index in [0.29, 0.717) is 18.2 Å². The quantitative estimate of drug-likeness (QED) is 0.475. The van der Waals surface area contributed by atoms with Crippen LogP contribution < -0.4 is 5.73 Å². The largest absolute Gasteiger partial charge is 0.458 e. The van der Waals surface area contributed by atoms with E-state index < -0.39 is 11.6 Å². The third kappa shape index (κ3) is 5.87. The monoisotopic (exact) mass is 310 g/mol. The van der Waals surface area contributed by atoms with E-state index in [1.807, 2.05) is 38.3 Å². The highest BCUT2D eigenvalue weighted by Gasteiger charge is 2.27. The van der Waals surface area contributed by atoms with Crippen molar-refractivity contribution in [3.63, 3.8) is 0 Å². The summed E-state index contributed by atoms with van der Waals surface area (Å²) in [4.78, 5) is 17.7. The molecule has 0 aliphatic rings. The number of nitrogens with two attached hydrogens (primary N) is 1. The molecule has 0 saturated carbocycles. The topological polar surface area (TPSA) is 64.7 Å². The summed E-state index contributed by atoms with van der Waals surface area (Å²) < 4.78 is 5.57. The van der Waals surface area contributed by atoms with Crippen molar-refractivity contribution in [2.75, 3.05) is 0 Å². The van der Waals surface area contributed by atoms with Crippen molar-refractivity contribution in [3.05, 3.63) is 22.4 Å². The zero-order chi connectivity index (χ0) is 16.0. The fourth-order valence-electron chi connectivity index (χ4n) is 1.72. The van der Waals surface area contributed by atoms with E-state index in [0.717, 1.165) is 11.3 Å². The van der Waals surface area contributed by atoms with E-state index in [9.17, 15) is 4.79 Å². The van der Waals surface area contributed by atoms with Crippen LogP contribution in [-0.4, -0.2) is 23.4 Å². The second kappa shape index (κ2) is 7.59. The Labute approximate surface area is 131 Å². The molecule has 0 bridgehead atoms. The maximum absolute atomic E-state index is 12.4. The number of amidine groups is 1. The lowest BCUT2D eigenvalue weighted by molar-refractivity contribution is -0.158. The van der Waals surface area contributed by atoms with Gasteiger partial charge in [0.1, 0.15) is 17.5 Å². The van der Waals surface area contributed by atoms with Crippen molar-refractivity contribution >= 4 is 23.1 Å². The van der Waals surface area contributed by atoms with Crippen molar-refractivity contribution in [3.8, 4) is 0 Å². The van der Waals surface area contributed by atoms with Crippen molar-refractivity contribution in [2.24, 2.45) is 16.6 Å². The van der Waals surface area contributed by atoms with Gasteiger partial charge in [0.2, 0.25) is 0 Å². The summed E-state index contributed by atoms with van der Waals surface area (Å²) in [5.41, 5.74) is 5.53. The van der Waals surface area contributed by atoms with Gasteiger partial charge in [0.05, 0.1) is 4.88 Å². The summed E-state index contributed by atoms with van der Waals surface area (Å²) in [6, 6.07) is 3.27. The molecule has 0 radical (unpaired) electrons. The number of rotatable bonds is 7. The molecule has 0 fully saturated rings. The number of thiophene rings is 1. The minimum Gasteiger partial charge on any atom is -0.458 e. The zero-order valence-corrected chi connectivity index (χ0v) is 14.4. The highest BCUT2D eigenvalue weighted by Crippen LogP contribution is 2.19. The molecular formula is C16H26N2O2S. The second-order valence-electron chi connectivity index (χ2n) is 6.17. The van der Waals surface area contributed by atoms with Crippen LogP contribution in [0, 0.1) is 5.92 Å². The minimum absolute atomic E-state index is 0.296. The van der Waals surface area contributed by atoms with Gasteiger partial charge in [-0.2, -0.15) is 0 Å². The van der Waals surface area contributed by atoms with Gasteiger partial charge in [0.25, 0.3) is 0 Å². The number of aliphatic imine (C=N–C) groups is 1. The summed E-state index contributed by atoms with van der Waals surface area (Å²) in [5, 5.41) is 1.94. The Balaban J connectivity index is 2.90. The molecule has 4 nitrogen and oxygen atoms in total. The SMILES string of the molecule is CCC(C)(C)OC(=O)C(CC(C)C)N=C(N)c1cccs1. The molecule has 0 aliphatic heterocycles. The fraction of sp³-hybridized carbons (Fsp3) is 0.625. The Morgan fingerprint density at radius 2 is 2.14 bits per heavy atom. The summed E-state index contributed by atoms with van der Waals surface area (Å²) in [6.45, 7) is 9.92. The van der Waals surface area contributed by atoms with Crippen molar-refractivity contribution < 1.29 is 9.53 Å². The molecule has 0 aromatic carbocycles. The second-order valence-corrected chi connectivity index (χ2v) is 7.12. The fourth-order valence-corrected chi connectivity index (χ4v) is 2.35. The van der Waals surface area contributed by atoms with E-state index in [-0.39, 0.29) is 5.97 Å². The first-order valence-corrected chi connectivity index (χ1v) is 8.23. The van der Waals surface area contributed by atoms with Gasteiger partial charge in [-0.3, -0.25) is 4.99 Å². The molecule has 1 rings (SSSR count). The Morgan fingerprint density at radius 1 is 1.48 bits per heavy atom. The zero-order valence-electron chi connectivity index (χ0n) is 13.6. The van der Waals surface area contributed by atoms with Crippen LogP contribution in [0.1, 0.15) is 52.3 Å². The third-order valence-electron chi connectivity index (χ3n) is 3.26. The van der Waals surface area contributed by atoms with Crippen LogP contribution in [0.15, 0.2) is 22.5 Å². The number of ether oxygens (including phenoxy) is 1. The first-order valence-electron chi connectivity index (χ1n) is 7.35. The van der Waals surface area contributed by atoms with Crippen molar-refractivity contribution in [2.45, 2.75) is 59.1 Å². The molecule has 1 unspecified atom stereocenters. The van der Waals surface area contributed by atoms with Gasteiger partial charge in [-0.05, 0) is 44.1 Å². The predicted octanol–water partition coefficient (Wildman–Crippen LogP) is 3.60. The molecule has 21 heavy (non-hydrogen) atoms. The van der Waals surface area contributed by atoms with Gasteiger partial charge in [-0.1, -0.05) is 26.8 Å². The van der Waals surface area contributed by atoms with Gasteiger partial charge >= 0.3 is 5.97 Å². The number of carbonyl (C=O) groups is 1. The molecule has 1 atom stereocenters. The molecule has 2 N–H and O–H groups in total. The van der Waals surface area contributed by atoms with Crippen LogP contribution in [-0.2, 0) is 9.53 Å².